The third-order valence-corrected chi connectivity index (χ3v) is 11.0. The molecule has 0 radical (unpaired) electrons. The SMILES string of the molecule is C1CCC2NCCCC2C1.O=C(O)c1csc(CC(F)(F)F)c1.O=C(c1csc(CC(F)(F)F)c1)N1CCCC2CCCCC21. The third kappa shape index (κ3) is 11.3. The van der Waals surface area contributed by atoms with Gasteiger partial charge in [0.1, 0.15) is 0 Å². The number of alkyl halides is 6. The van der Waals surface area contributed by atoms with E-state index in [1.807, 2.05) is 4.90 Å². The van der Waals surface area contributed by atoms with Crippen molar-refractivity contribution in [2.24, 2.45) is 11.8 Å². The first-order chi connectivity index (χ1) is 21.3. The predicted octanol–water partition coefficient (Wildman–Crippen LogP) is 9.13. The summed E-state index contributed by atoms with van der Waals surface area (Å²) in [5.74, 6) is 0.341. The van der Waals surface area contributed by atoms with Crippen LogP contribution in [0.25, 0.3) is 0 Å². The molecule has 252 valence electrons. The molecule has 4 heterocycles. The van der Waals surface area contributed by atoms with E-state index in [-0.39, 0.29) is 21.2 Å². The number of nitrogens with one attached hydrogen (secondary N) is 1. The second-order valence-corrected chi connectivity index (χ2v) is 14.5. The molecular formula is C32H42F6N2O3S2. The predicted molar refractivity (Wildman–Crippen MR) is 164 cm³/mol. The van der Waals surface area contributed by atoms with Crippen LogP contribution >= 0.6 is 22.7 Å². The summed E-state index contributed by atoms with van der Waals surface area (Å²) < 4.78 is 72.7. The molecular weight excluding hydrogens is 638 g/mol. The van der Waals surface area contributed by atoms with Crippen molar-refractivity contribution in [3.63, 3.8) is 0 Å². The van der Waals surface area contributed by atoms with Crippen molar-refractivity contribution in [2.45, 2.75) is 114 Å². The molecule has 0 aromatic carbocycles. The van der Waals surface area contributed by atoms with Crippen LogP contribution in [0.2, 0.25) is 0 Å². The number of carboxylic acids is 1. The van der Waals surface area contributed by atoms with Crippen LogP contribution in [-0.4, -0.2) is 59.4 Å². The lowest BCUT2D eigenvalue weighted by Gasteiger charge is -2.44. The van der Waals surface area contributed by atoms with Gasteiger partial charge in [0.2, 0.25) is 0 Å². The largest absolute Gasteiger partial charge is 0.478 e. The van der Waals surface area contributed by atoms with E-state index in [2.05, 4.69) is 5.32 Å². The van der Waals surface area contributed by atoms with Crippen LogP contribution < -0.4 is 5.32 Å². The van der Waals surface area contributed by atoms with Crippen LogP contribution in [0.3, 0.4) is 0 Å². The zero-order valence-electron chi connectivity index (χ0n) is 25.2. The molecule has 2 N–H and O–H groups in total. The summed E-state index contributed by atoms with van der Waals surface area (Å²) in [4.78, 5) is 25.1. The van der Waals surface area contributed by atoms with E-state index in [4.69, 9.17) is 5.11 Å². The molecule has 2 saturated carbocycles. The Balaban J connectivity index is 0.000000169. The molecule has 4 atom stereocenters. The van der Waals surface area contributed by atoms with Crippen molar-refractivity contribution in [3.05, 3.63) is 43.8 Å². The second-order valence-electron chi connectivity index (χ2n) is 12.5. The first kappa shape index (κ1) is 35.7. The summed E-state index contributed by atoms with van der Waals surface area (Å²) in [5.41, 5.74) is 0.333. The smallest absolute Gasteiger partial charge is 0.393 e. The normalized spacial score (nSPS) is 25.1. The van der Waals surface area contributed by atoms with Crippen molar-refractivity contribution >= 4 is 34.6 Å². The Morgan fingerprint density at radius 2 is 1.29 bits per heavy atom. The van der Waals surface area contributed by atoms with Gasteiger partial charge in [-0.15, -0.1) is 22.7 Å². The fourth-order valence-electron chi connectivity index (χ4n) is 7.08. The van der Waals surface area contributed by atoms with Gasteiger partial charge in [-0.3, -0.25) is 4.79 Å². The molecule has 0 bridgehead atoms. The van der Waals surface area contributed by atoms with Crippen molar-refractivity contribution in [3.8, 4) is 0 Å². The lowest BCUT2D eigenvalue weighted by molar-refractivity contribution is -0.127. The van der Waals surface area contributed by atoms with E-state index in [1.165, 1.54) is 75.8 Å². The van der Waals surface area contributed by atoms with Gasteiger partial charge in [-0.1, -0.05) is 25.7 Å². The number of likely N-dealkylation sites (tertiary alicyclic amines) is 1. The summed E-state index contributed by atoms with van der Waals surface area (Å²) in [6, 6.07) is 3.66. The number of nitrogens with zero attached hydrogens (tertiary/aromatic N) is 1. The molecule has 4 aliphatic rings. The van der Waals surface area contributed by atoms with E-state index < -0.39 is 31.2 Å². The molecule has 5 nitrogen and oxygen atoms in total. The maximum absolute atomic E-state index is 12.7. The maximum atomic E-state index is 12.7. The maximum Gasteiger partial charge on any atom is 0.393 e. The number of fused-ring (bicyclic) bond motifs is 2. The number of thiophene rings is 2. The number of carbonyl (C=O) groups excluding carboxylic acids is 1. The van der Waals surface area contributed by atoms with Gasteiger partial charge in [-0.2, -0.15) is 26.3 Å². The Morgan fingerprint density at radius 1 is 0.756 bits per heavy atom. The lowest BCUT2D eigenvalue weighted by atomic mass is 9.78. The van der Waals surface area contributed by atoms with Crippen LogP contribution in [0.1, 0.15) is 108 Å². The van der Waals surface area contributed by atoms with Gasteiger partial charge in [-0.05, 0) is 81.9 Å². The molecule has 4 fully saturated rings. The quantitative estimate of drug-likeness (QED) is 0.316. The molecule has 2 aliphatic carbocycles. The van der Waals surface area contributed by atoms with Crippen LogP contribution in [-0.2, 0) is 12.8 Å². The van der Waals surface area contributed by atoms with Gasteiger partial charge in [0.25, 0.3) is 5.91 Å². The fraction of sp³-hybridized carbons (Fsp3) is 0.688. The molecule has 4 unspecified atom stereocenters. The highest BCUT2D eigenvalue weighted by Crippen LogP contribution is 2.37. The second kappa shape index (κ2) is 16.1. The minimum Gasteiger partial charge on any atom is -0.478 e. The molecule has 2 saturated heterocycles. The number of rotatable bonds is 4. The topological polar surface area (TPSA) is 69.6 Å². The fourth-order valence-corrected chi connectivity index (χ4v) is 8.86. The van der Waals surface area contributed by atoms with Gasteiger partial charge in [-0.25, -0.2) is 4.79 Å². The molecule has 0 spiro atoms. The number of piperidine rings is 2. The van der Waals surface area contributed by atoms with Crippen LogP contribution in [0.4, 0.5) is 26.3 Å². The van der Waals surface area contributed by atoms with Crippen molar-refractivity contribution in [1.82, 2.24) is 10.2 Å². The summed E-state index contributed by atoms with van der Waals surface area (Å²) in [6.07, 6.45) is 5.09. The van der Waals surface area contributed by atoms with Crippen LogP contribution in [0.5, 0.6) is 0 Å². The highest BCUT2D eigenvalue weighted by Gasteiger charge is 2.37. The minimum absolute atomic E-state index is 0.0184. The molecule has 2 aromatic rings. The molecule has 2 aliphatic heterocycles. The Bertz CT molecular complexity index is 1220. The number of aromatic carboxylic acids is 1. The number of hydrogen-bond acceptors (Lipinski definition) is 5. The summed E-state index contributed by atoms with van der Waals surface area (Å²) in [5, 5.41) is 14.8. The number of halogens is 6. The van der Waals surface area contributed by atoms with Crippen molar-refractivity contribution < 1.29 is 41.0 Å². The Kier molecular flexibility index (Phi) is 12.8. The average Bonchev–Trinajstić information content (AvgIpc) is 3.65. The van der Waals surface area contributed by atoms with Gasteiger partial charge < -0.3 is 15.3 Å². The Morgan fingerprint density at radius 3 is 1.89 bits per heavy atom. The summed E-state index contributed by atoms with van der Waals surface area (Å²) >= 11 is 1.83. The Labute approximate surface area is 268 Å². The van der Waals surface area contributed by atoms with Gasteiger partial charge in [0.15, 0.2) is 0 Å². The first-order valence-electron chi connectivity index (χ1n) is 15.8. The number of amides is 1. The zero-order valence-corrected chi connectivity index (χ0v) is 26.9. The van der Waals surface area contributed by atoms with E-state index >= 15 is 0 Å². The third-order valence-electron chi connectivity index (χ3n) is 9.12. The lowest BCUT2D eigenvalue weighted by Crippen LogP contribution is -2.49. The van der Waals surface area contributed by atoms with E-state index in [9.17, 15) is 35.9 Å². The standard InChI is InChI=1S/C16H20F3NOS.C9H17N.C7H5F3O2S/c17-16(18,19)9-13-8-12(10-22-13)15(21)20-7-3-5-11-4-1-2-6-14(11)20;1-2-6-9-8(4-1)5-3-7-10-9;8-7(9,10)2-5-1-4(3-13-5)6(11)12/h8,10-11,14H,1-7,9H2;8-10H,1-7H2;1,3H,2H2,(H,11,12). The van der Waals surface area contributed by atoms with Gasteiger partial charge in [0.05, 0.1) is 24.0 Å². The van der Waals surface area contributed by atoms with Gasteiger partial charge >= 0.3 is 18.3 Å². The van der Waals surface area contributed by atoms with E-state index in [0.717, 1.165) is 66.5 Å². The number of carboxylic acid groups (broad SMARTS) is 1. The molecule has 45 heavy (non-hydrogen) atoms. The molecule has 2 aromatic heterocycles. The number of hydrogen-bond donors (Lipinski definition) is 2. The summed E-state index contributed by atoms with van der Waals surface area (Å²) in [7, 11) is 0. The monoisotopic (exact) mass is 680 g/mol. The van der Waals surface area contributed by atoms with Gasteiger partial charge in [0, 0.05) is 39.1 Å². The summed E-state index contributed by atoms with van der Waals surface area (Å²) in [6.45, 7) is 2.02. The highest BCUT2D eigenvalue weighted by atomic mass is 32.1. The number of carbonyl (C=O) groups is 2. The van der Waals surface area contributed by atoms with Crippen LogP contribution in [0, 0.1) is 11.8 Å². The molecule has 6 rings (SSSR count). The molecule has 1 amide bonds. The first-order valence-corrected chi connectivity index (χ1v) is 17.6. The van der Waals surface area contributed by atoms with E-state index in [0.29, 0.717) is 17.5 Å². The van der Waals surface area contributed by atoms with Crippen LogP contribution in [0.15, 0.2) is 22.9 Å². The Hall–Kier alpha value is -2.12. The molecule has 13 heteroatoms. The van der Waals surface area contributed by atoms with Crippen molar-refractivity contribution in [2.75, 3.05) is 13.1 Å². The zero-order chi connectivity index (χ0) is 32.6. The van der Waals surface area contributed by atoms with Crippen molar-refractivity contribution in [1.29, 1.82) is 0 Å². The van der Waals surface area contributed by atoms with E-state index in [1.54, 1.807) is 5.38 Å². The highest BCUT2D eigenvalue weighted by molar-refractivity contribution is 7.10. The average molecular weight is 681 g/mol. The minimum atomic E-state index is -4.28.